The van der Waals surface area contributed by atoms with E-state index in [1.165, 1.54) is 0 Å². The number of nitrogens with two attached hydrogens (primary N) is 1. The molecule has 0 aliphatic heterocycles. The topological polar surface area (TPSA) is 46.3 Å². The second-order valence-corrected chi connectivity index (χ2v) is 5.64. The van der Waals surface area contributed by atoms with Gasteiger partial charge in [-0.15, -0.1) is 0 Å². The number of rotatable bonds is 4. The van der Waals surface area contributed by atoms with Crippen LogP contribution in [-0.2, 0) is 4.79 Å². The van der Waals surface area contributed by atoms with Crippen LogP contribution < -0.4 is 10.6 Å². The second kappa shape index (κ2) is 5.63. The minimum atomic E-state index is -0.549. The van der Waals surface area contributed by atoms with E-state index >= 15 is 0 Å². The molecule has 2 rings (SSSR count). The summed E-state index contributed by atoms with van der Waals surface area (Å²) in [5.41, 5.74) is 6.15. The summed E-state index contributed by atoms with van der Waals surface area (Å²) in [5, 5.41) is 2.24. The monoisotopic (exact) mass is 270 g/mol. The maximum Gasteiger partial charge on any atom is 0.233 e. The molecule has 3 heteroatoms. The molecule has 0 aliphatic rings. The lowest BCUT2D eigenvalue weighted by Gasteiger charge is -2.31. The first-order valence-corrected chi connectivity index (χ1v) is 7.01. The molecule has 0 radical (unpaired) electrons. The van der Waals surface area contributed by atoms with Gasteiger partial charge in [0.15, 0.2) is 0 Å². The van der Waals surface area contributed by atoms with Crippen molar-refractivity contribution < 1.29 is 4.79 Å². The van der Waals surface area contributed by atoms with E-state index in [2.05, 4.69) is 18.2 Å². The normalized spacial score (nSPS) is 11.6. The van der Waals surface area contributed by atoms with Crippen LogP contribution in [0, 0.1) is 5.41 Å². The molecule has 0 aliphatic carbocycles. The fraction of sp³-hybridized carbons (Fsp3) is 0.353. The standard InChI is InChI=1S/C17H22N2O/c1-4-19(16(20)17(2,3)12-18)15-11-7-9-13-8-5-6-10-14(13)15/h5-11H,4,12,18H2,1-3H3. The summed E-state index contributed by atoms with van der Waals surface area (Å²) in [6, 6.07) is 14.2. The van der Waals surface area contributed by atoms with Gasteiger partial charge >= 0.3 is 0 Å². The van der Waals surface area contributed by atoms with Crippen LogP contribution >= 0.6 is 0 Å². The van der Waals surface area contributed by atoms with Gasteiger partial charge in [0.25, 0.3) is 0 Å². The van der Waals surface area contributed by atoms with Crippen molar-refractivity contribution >= 4 is 22.4 Å². The molecule has 0 aromatic heterocycles. The number of hydrogen-bond acceptors (Lipinski definition) is 2. The number of carbonyl (C=O) groups excluding carboxylic acids is 1. The summed E-state index contributed by atoms with van der Waals surface area (Å²) in [7, 11) is 0. The number of anilines is 1. The van der Waals surface area contributed by atoms with Crippen molar-refractivity contribution in [3.63, 3.8) is 0 Å². The first kappa shape index (κ1) is 14.5. The minimum Gasteiger partial charge on any atom is -0.329 e. The maximum absolute atomic E-state index is 12.7. The largest absolute Gasteiger partial charge is 0.329 e. The summed E-state index contributed by atoms with van der Waals surface area (Å²) in [4.78, 5) is 14.5. The molecule has 0 fully saturated rings. The van der Waals surface area contributed by atoms with Crippen LogP contribution in [0.25, 0.3) is 10.8 Å². The summed E-state index contributed by atoms with van der Waals surface area (Å²) >= 11 is 0. The second-order valence-electron chi connectivity index (χ2n) is 5.64. The Bertz CT molecular complexity index is 614. The Labute approximate surface area is 120 Å². The molecule has 2 N–H and O–H groups in total. The zero-order valence-corrected chi connectivity index (χ0v) is 12.4. The van der Waals surface area contributed by atoms with Gasteiger partial charge in [-0.25, -0.2) is 0 Å². The smallest absolute Gasteiger partial charge is 0.233 e. The van der Waals surface area contributed by atoms with Crippen LogP contribution in [0.4, 0.5) is 5.69 Å². The molecule has 106 valence electrons. The lowest BCUT2D eigenvalue weighted by Crippen LogP contribution is -2.44. The highest BCUT2D eigenvalue weighted by molar-refractivity contribution is 6.05. The third-order valence-electron chi connectivity index (χ3n) is 3.71. The zero-order chi connectivity index (χ0) is 14.8. The van der Waals surface area contributed by atoms with Gasteiger partial charge in [0.2, 0.25) is 5.91 Å². The molecule has 1 amide bonds. The average Bonchev–Trinajstić information content (AvgIpc) is 2.48. The lowest BCUT2D eigenvalue weighted by molar-refractivity contribution is -0.126. The van der Waals surface area contributed by atoms with Crippen molar-refractivity contribution in [2.24, 2.45) is 11.1 Å². The van der Waals surface area contributed by atoms with E-state index in [-0.39, 0.29) is 5.91 Å². The molecular weight excluding hydrogens is 248 g/mol. The Hall–Kier alpha value is -1.87. The van der Waals surface area contributed by atoms with Crippen molar-refractivity contribution in [2.75, 3.05) is 18.0 Å². The van der Waals surface area contributed by atoms with E-state index in [1.54, 1.807) is 0 Å². The first-order chi connectivity index (χ1) is 9.51. The van der Waals surface area contributed by atoms with E-state index in [0.717, 1.165) is 16.5 Å². The molecule has 2 aromatic rings. The predicted molar refractivity (Wildman–Crippen MR) is 84.8 cm³/mol. The number of nitrogens with zero attached hydrogens (tertiary/aromatic N) is 1. The average molecular weight is 270 g/mol. The molecule has 0 spiro atoms. The van der Waals surface area contributed by atoms with Crippen molar-refractivity contribution in [3.8, 4) is 0 Å². The van der Waals surface area contributed by atoms with Gasteiger partial charge in [0, 0.05) is 18.5 Å². The summed E-state index contributed by atoms with van der Waals surface area (Å²) in [5.74, 6) is 0.0684. The summed E-state index contributed by atoms with van der Waals surface area (Å²) < 4.78 is 0. The van der Waals surface area contributed by atoms with E-state index in [4.69, 9.17) is 5.73 Å². The molecule has 2 aromatic carbocycles. The van der Waals surface area contributed by atoms with Crippen LogP contribution in [0.1, 0.15) is 20.8 Å². The molecule has 0 atom stereocenters. The molecule has 3 nitrogen and oxygen atoms in total. The van der Waals surface area contributed by atoms with E-state index in [9.17, 15) is 4.79 Å². The van der Waals surface area contributed by atoms with Crippen LogP contribution in [-0.4, -0.2) is 19.0 Å². The van der Waals surface area contributed by atoms with Gasteiger partial charge in [-0.2, -0.15) is 0 Å². The highest BCUT2D eigenvalue weighted by atomic mass is 16.2. The Balaban J connectivity index is 2.53. The number of amides is 1. The van der Waals surface area contributed by atoms with Gasteiger partial charge in [-0.05, 0) is 32.2 Å². The van der Waals surface area contributed by atoms with Gasteiger partial charge < -0.3 is 10.6 Å². The Kier molecular flexibility index (Phi) is 4.09. The van der Waals surface area contributed by atoms with Crippen molar-refractivity contribution in [2.45, 2.75) is 20.8 Å². The fourth-order valence-electron chi connectivity index (χ4n) is 2.32. The Morgan fingerprint density at radius 1 is 1.15 bits per heavy atom. The van der Waals surface area contributed by atoms with E-state index in [1.807, 2.05) is 49.9 Å². The molecule has 0 unspecified atom stereocenters. The van der Waals surface area contributed by atoms with Crippen molar-refractivity contribution in [3.05, 3.63) is 42.5 Å². The quantitative estimate of drug-likeness (QED) is 0.927. The Morgan fingerprint density at radius 3 is 2.45 bits per heavy atom. The molecule has 20 heavy (non-hydrogen) atoms. The number of fused-ring (bicyclic) bond motifs is 1. The third-order valence-corrected chi connectivity index (χ3v) is 3.71. The molecule has 0 bridgehead atoms. The lowest BCUT2D eigenvalue weighted by atomic mass is 9.91. The number of hydrogen-bond donors (Lipinski definition) is 1. The van der Waals surface area contributed by atoms with Crippen molar-refractivity contribution in [1.82, 2.24) is 0 Å². The summed E-state index contributed by atoms with van der Waals surface area (Å²) in [6.45, 7) is 6.75. The van der Waals surface area contributed by atoms with Gasteiger partial charge in [0.1, 0.15) is 0 Å². The van der Waals surface area contributed by atoms with Crippen molar-refractivity contribution in [1.29, 1.82) is 0 Å². The minimum absolute atomic E-state index is 0.0684. The molecule has 0 saturated carbocycles. The Morgan fingerprint density at radius 2 is 1.80 bits per heavy atom. The van der Waals surface area contributed by atoms with Gasteiger partial charge in [-0.3, -0.25) is 4.79 Å². The number of benzene rings is 2. The van der Waals surface area contributed by atoms with Gasteiger partial charge in [-0.1, -0.05) is 36.4 Å². The van der Waals surface area contributed by atoms with E-state index in [0.29, 0.717) is 13.1 Å². The maximum atomic E-state index is 12.7. The predicted octanol–water partition coefficient (Wildman–Crippen LogP) is 3.18. The number of carbonyl (C=O) groups is 1. The van der Waals surface area contributed by atoms with E-state index < -0.39 is 5.41 Å². The third kappa shape index (κ3) is 2.54. The van der Waals surface area contributed by atoms with Crippen LogP contribution in [0.3, 0.4) is 0 Å². The fourth-order valence-corrected chi connectivity index (χ4v) is 2.32. The highest BCUT2D eigenvalue weighted by Gasteiger charge is 2.31. The molecule has 0 heterocycles. The highest BCUT2D eigenvalue weighted by Crippen LogP contribution is 2.29. The summed E-state index contributed by atoms with van der Waals surface area (Å²) in [6.07, 6.45) is 0. The molecule has 0 saturated heterocycles. The SMILES string of the molecule is CCN(C(=O)C(C)(C)CN)c1cccc2ccccc12. The molecular formula is C17H22N2O. The van der Waals surface area contributed by atoms with Crippen LogP contribution in [0.2, 0.25) is 0 Å². The zero-order valence-electron chi connectivity index (χ0n) is 12.4. The van der Waals surface area contributed by atoms with Crippen LogP contribution in [0.15, 0.2) is 42.5 Å². The van der Waals surface area contributed by atoms with Gasteiger partial charge in [0.05, 0.1) is 11.1 Å². The first-order valence-electron chi connectivity index (χ1n) is 7.01. The van der Waals surface area contributed by atoms with Crippen LogP contribution in [0.5, 0.6) is 0 Å².